The molecule has 37 heavy (non-hydrogen) atoms. The van der Waals surface area contributed by atoms with Gasteiger partial charge in [-0.3, -0.25) is 9.59 Å². The van der Waals surface area contributed by atoms with Crippen molar-refractivity contribution in [1.29, 1.82) is 0 Å². The SMILES string of the molecule is CC(=NNC(=O)c1cc(-c2ccc(Cl)cc2)nc2ccccc12)c1ccc(NC(=O)c2ccco2)cc1. The first-order valence-electron chi connectivity index (χ1n) is 11.4. The highest BCUT2D eigenvalue weighted by molar-refractivity contribution is 6.30. The van der Waals surface area contributed by atoms with Gasteiger partial charge in [-0.2, -0.15) is 5.10 Å². The lowest BCUT2D eigenvalue weighted by Crippen LogP contribution is -2.20. The van der Waals surface area contributed by atoms with E-state index >= 15 is 0 Å². The van der Waals surface area contributed by atoms with Crippen molar-refractivity contribution in [1.82, 2.24) is 10.4 Å². The minimum Gasteiger partial charge on any atom is -0.459 e. The number of nitrogens with one attached hydrogen (secondary N) is 2. The van der Waals surface area contributed by atoms with Gasteiger partial charge < -0.3 is 9.73 Å². The van der Waals surface area contributed by atoms with Gasteiger partial charge in [0.15, 0.2) is 5.76 Å². The molecule has 0 aliphatic heterocycles. The fraction of sp³-hybridized carbons (Fsp3) is 0.0345. The van der Waals surface area contributed by atoms with Crippen LogP contribution in [0, 0.1) is 0 Å². The maximum absolute atomic E-state index is 13.2. The summed E-state index contributed by atoms with van der Waals surface area (Å²) in [5.74, 6) is -0.458. The van der Waals surface area contributed by atoms with Crippen molar-refractivity contribution in [3.05, 3.63) is 119 Å². The molecule has 0 radical (unpaired) electrons. The zero-order valence-corrected chi connectivity index (χ0v) is 20.5. The molecular formula is C29H21ClN4O3. The van der Waals surface area contributed by atoms with Gasteiger partial charge in [0.1, 0.15) is 0 Å². The van der Waals surface area contributed by atoms with Gasteiger partial charge in [0.2, 0.25) is 0 Å². The second-order valence-corrected chi connectivity index (χ2v) is 8.66. The number of halogens is 1. The van der Waals surface area contributed by atoms with Crippen molar-refractivity contribution in [2.45, 2.75) is 6.92 Å². The smallest absolute Gasteiger partial charge is 0.291 e. The van der Waals surface area contributed by atoms with E-state index in [0.717, 1.165) is 16.5 Å². The van der Waals surface area contributed by atoms with Crippen LogP contribution in [0.3, 0.4) is 0 Å². The molecule has 0 unspecified atom stereocenters. The van der Waals surface area contributed by atoms with Crippen LogP contribution < -0.4 is 10.7 Å². The number of aromatic nitrogens is 1. The molecule has 5 aromatic rings. The zero-order valence-electron chi connectivity index (χ0n) is 19.7. The molecule has 0 fully saturated rings. The number of carbonyl (C=O) groups excluding carboxylic acids is 2. The Morgan fingerprint density at radius 2 is 1.65 bits per heavy atom. The molecule has 2 heterocycles. The van der Waals surface area contributed by atoms with Crippen LogP contribution in [-0.2, 0) is 0 Å². The Morgan fingerprint density at radius 3 is 2.38 bits per heavy atom. The molecule has 2 aromatic heterocycles. The van der Waals surface area contributed by atoms with E-state index < -0.39 is 0 Å². The van der Waals surface area contributed by atoms with Crippen molar-refractivity contribution in [3.8, 4) is 11.3 Å². The molecule has 8 heteroatoms. The molecule has 0 bridgehead atoms. The molecular weight excluding hydrogens is 488 g/mol. The van der Waals surface area contributed by atoms with Crippen LogP contribution in [0.15, 0.2) is 107 Å². The van der Waals surface area contributed by atoms with E-state index in [-0.39, 0.29) is 17.6 Å². The van der Waals surface area contributed by atoms with E-state index in [1.165, 1.54) is 6.26 Å². The van der Waals surface area contributed by atoms with Crippen LogP contribution in [0.4, 0.5) is 5.69 Å². The van der Waals surface area contributed by atoms with E-state index in [1.807, 2.05) is 48.5 Å². The average molecular weight is 509 g/mol. The molecule has 0 spiro atoms. The first-order valence-corrected chi connectivity index (χ1v) is 11.8. The number of amides is 2. The van der Waals surface area contributed by atoms with Crippen LogP contribution in [0.25, 0.3) is 22.2 Å². The van der Waals surface area contributed by atoms with E-state index in [9.17, 15) is 9.59 Å². The molecule has 0 saturated carbocycles. The number of nitrogens with zero attached hydrogens (tertiary/aromatic N) is 2. The van der Waals surface area contributed by atoms with Crippen LogP contribution in [0.5, 0.6) is 0 Å². The van der Waals surface area contributed by atoms with Gasteiger partial charge in [-0.15, -0.1) is 0 Å². The number of rotatable bonds is 6. The molecule has 0 aliphatic rings. The van der Waals surface area contributed by atoms with Gasteiger partial charge in [0.05, 0.1) is 28.7 Å². The van der Waals surface area contributed by atoms with Gasteiger partial charge in [0.25, 0.3) is 11.8 Å². The van der Waals surface area contributed by atoms with Gasteiger partial charge in [0, 0.05) is 21.7 Å². The highest BCUT2D eigenvalue weighted by Gasteiger charge is 2.14. The van der Waals surface area contributed by atoms with Crippen molar-refractivity contribution in [2.75, 3.05) is 5.32 Å². The molecule has 7 nitrogen and oxygen atoms in total. The quantitative estimate of drug-likeness (QED) is 0.200. The molecule has 5 rings (SSSR count). The van der Waals surface area contributed by atoms with E-state index in [4.69, 9.17) is 21.0 Å². The summed E-state index contributed by atoms with van der Waals surface area (Å²) in [5, 5.41) is 8.41. The topological polar surface area (TPSA) is 96.6 Å². The number of furan rings is 1. The summed E-state index contributed by atoms with van der Waals surface area (Å²) in [5.41, 5.74) is 7.34. The van der Waals surface area contributed by atoms with Gasteiger partial charge in [-0.1, -0.05) is 54.1 Å². The number of carbonyl (C=O) groups is 2. The Hall–Kier alpha value is -4.75. The van der Waals surface area contributed by atoms with Crippen LogP contribution in [0.2, 0.25) is 5.02 Å². The molecule has 0 aliphatic carbocycles. The standard InChI is InChI=1S/C29H21ClN4O3/c1-18(19-10-14-22(15-11-19)31-29(36)27-7-4-16-37-27)33-34-28(35)24-17-26(20-8-12-21(30)13-9-20)32-25-6-3-2-5-23(24)25/h2-17H,1H3,(H,31,36)(H,34,35). The molecule has 182 valence electrons. The third-order valence-corrected chi connectivity index (χ3v) is 5.98. The number of anilines is 1. The van der Waals surface area contributed by atoms with Crippen molar-refractivity contribution in [2.24, 2.45) is 5.10 Å². The van der Waals surface area contributed by atoms with Crippen LogP contribution >= 0.6 is 11.6 Å². The van der Waals surface area contributed by atoms with Gasteiger partial charge in [-0.05, 0) is 61.0 Å². The summed E-state index contributed by atoms with van der Waals surface area (Å²) in [6.07, 6.45) is 1.44. The first kappa shape index (κ1) is 24.0. The summed E-state index contributed by atoms with van der Waals surface area (Å²) in [7, 11) is 0. The largest absolute Gasteiger partial charge is 0.459 e. The fourth-order valence-electron chi connectivity index (χ4n) is 3.79. The summed E-state index contributed by atoms with van der Waals surface area (Å²) < 4.78 is 5.10. The molecule has 2 N–H and O–H groups in total. The van der Waals surface area contributed by atoms with Gasteiger partial charge in [-0.25, -0.2) is 10.4 Å². The number of pyridine rings is 1. The molecule has 2 amide bonds. The lowest BCUT2D eigenvalue weighted by atomic mass is 10.0. The maximum atomic E-state index is 13.2. The minimum absolute atomic E-state index is 0.229. The monoisotopic (exact) mass is 508 g/mol. The summed E-state index contributed by atoms with van der Waals surface area (Å²) in [6.45, 7) is 1.79. The number of hydrazone groups is 1. The lowest BCUT2D eigenvalue weighted by Gasteiger charge is -2.10. The fourth-order valence-corrected chi connectivity index (χ4v) is 3.91. The molecule has 0 saturated heterocycles. The third kappa shape index (κ3) is 5.42. The van der Waals surface area contributed by atoms with E-state index in [2.05, 4.69) is 15.8 Å². The first-order chi connectivity index (χ1) is 18.0. The summed E-state index contributed by atoms with van der Waals surface area (Å²) in [6, 6.07) is 26.9. The number of benzene rings is 3. The highest BCUT2D eigenvalue weighted by atomic mass is 35.5. The van der Waals surface area contributed by atoms with Crippen LogP contribution in [-0.4, -0.2) is 22.5 Å². The lowest BCUT2D eigenvalue weighted by molar-refractivity contribution is 0.0955. The van der Waals surface area contributed by atoms with E-state index in [1.54, 1.807) is 49.4 Å². The highest BCUT2D eigenvalue weighted by Crippen LogP contribution is 2.26. The zero-order chi connectivity index (χ0) is 25.8. The Balaban J connectivity index is 1.35. The Bertz CT molecular complexity index is 1610. The third-order valence-electron chi connectivity index (χ3n) is 5.73. The Kier molecular flexibility index (Phi) is 6.78. The second kappa shape index (κ2) is 10.5. The number of hydrogen-bond acceptors (Lipinski definition) is 5. The number of fused-ring (bicyclic) bond motifs is 1. The predicted molar refractivity (Wildman–Crippen MR) is 145 cm³/mol. The van der Waals surface area contributed by atoms with Crippen molar-refractivity contribution >= 4 is 45.7 Å². The Morgan fingerprint density at radius 1 is 0.892 bits per heavy atom. The molecule has 0 atom stereocenters. The minimum atomic E-state index is -0.351. The van der Waals surface area contributed by atoms with Crippen LogP contribution in [0.1, 0.15) is 33.4 Å². The normalized spacial score (nSPS) is 11.4. The van der Waals surface area contributed by atoms with Crippen molar-refractivity contribution < 1.29 is 14.0 Å². The number of hydrogen-bond donors (Lipinski definition) is 2. The molecule has 3 aromatic carbocycles. The predicted octanol–water partition coefficient (Wildman–Crippen LogP) is 6.55. The second-order valence-electron chi connectivity index (χ2n) is 8.23. The number of para-hydroxylation sites is 1. The van der Waals surface area contributed by atoms with E-state index in [0.29, 0.717) is 33.2 Å². The Labute approximate surface area is 217 Å². The summed E-state index contributed by atoms with van der Waals surface area (Å²) in [4.78, 5) is 30.1. The maximum Gasteiger partial charge on any atom is 0.291 e. The average Bonchev–Trinajstić information content (AvgIpc) is 3.47. The van der Waals surface area contributed by atoms with Crippen molar-refractivity contribution in [3.63, 3.8) is 0 Å². The summed E-state index contributed by atoms with van der Waals surface area (Å²) >= 11 is 6.03. The van der Waals surface area contributed by atoms with Gasteiger partial charge >= 0.3 is 0 Å².